The van der Waals surface area contributed by atoms with E-state index in [9.17, 15) is 9.59 Å². The van der Waals surface area contributed by atoms with Crippen LogP contribution in [0.4, 0.5) is 0 Å². The molecule has 0 spiro atoms. The molecule has 2 heterocycles. The van der Waals surface area contributed by atoms with Crippen LogP contribution >= 0.6 is 0 Å². The summed E-state index contributed by atoms with van der Waals surface area (Å²) in [4.78, 5) is 26.1. The van der Waals surface area contributed by atoms with E-state index in [0.29, 0.717) is 34.7 Å². The molecule has 4 rings (SSSR count). The Kier molecular flexibility index (Phi) is 7.03. The van der Waals surface area contributed by atoms with Crippen molar-refractivity contribution in [2.24, 2.45) is 0 Å². The van der Waals surface area contributed by atoms with Crippen molar-refractivity contribution < 1.29 is 23.8 Å². The Morgan fingerprint density at radius 3 is 2.44 bits per heavy atom. The molecular formula is C27H30N2O5. The first-order chi connectivity index (χ1) is 16.4. The predicted molar refractivity (Wildman–Crippen MR) is 128 cm³/mol. The molecule has 2 aliphatic heterocycles. The predicted octanol–water partition coefficient (Wildman–Crippen LogP) is 3.88. The van der Waals surface area contributed by atoms with Gasteiger partial charge in [0.05, 0.1) is 37.9 Å². The van der Waals surface area contributed by atoms with Crippen LogP contribution in [0.5, 0.6) is 5.75 Å². The van der Waals surface area contributed by atoms with Crippen molar-refractivity contribution in [1.29, 1.82) is 0 Å². The standard InChI is InChI=1S/C27H30N2O5/c1-16-23(26(30)33-4)25(18-9-7-10-20(14-18)32-3)24(17(2)29-16)27(31)34-13-12-22-21-11-6-5-8-19(21)15-28-22/h5-11,14,22,25,28-29H,12-13,15H2,1-4H3. The van der Waals surface area contributed by atoms with Gasteiger partial charge in [0.1, 0.15) is 5.75 Å². The largest absolute Gasteiger partial charge is 0.497 e. The normalized spacial score (nSPS) is 19.4. The fourth-order valence-corrected chi connectivity index (χ4v) is 4.78. The summed E-state index contributed by atoms with van der Waals surface area (Å²) >= 11 is 0. The third-order valence-electron chi connectivity index (χ3n) is 6.42. The summed E-state index contributed by atoms with van der Waals surface area (Å²) in [6.45, 7) is 4.68. The van der Waals surface area contributed by atoms with Crippen LogP contribution in [0, 0.1) is 0 Å². The molecule has 0 saturated carbocycles. The maximum absolute atomic E-state index is 13.4. The molecule has 2 aliphatic rings. The van der Waals surface area contributed by atoms with E-state index in [-0.39, 0.29) is 12.6 Å². The molecule has 0 radical (unpaired) electrons. The average Bonchev–Trinajstić information content (AvgIpc) is 3.26. The molecule has 0 bridgehead atoms. The molecule has 2 unspecified atom stereocenters. The second-order valence-corrected chi connectivity index (χ2v) is 8.46. The summed E-state index contributed by atoms with van der Waals surface area (Å²) in [5.41, 5.74) is 5.31. The number of dihydropyridines is 1. The van der Waals surface area contributed by atoms with E-state index in [0.717, 1.165) is 12.1 Å². The number of esters is 2. The van der Waals surface area contributed by atoms with Gasteiger partial charge in [-0.15, -0.1) is 0 Å². The summed E-state index contributed by atoms with van der Waals surface area (Å²) in [7, 11) is 2.91. The van der Waals surface area contributed by atoms with Crippen molar-refractivity contribution in [3.05, 3.63) is 87.8 Å². The van der Waals surface area contributed by atoms with Gasteiger partial charge in [-0.2, -0.15) is 0 Å². The number of methoxy groups -OCH3 is 2. The van der Waals surface area contributed by atoms with Crippen molar-refractivity contribution >= 4 is 11.9 Å². The van der Waals surface area contributed by atoms with Gasteiger partial charge in [0.15, 0.2) is 0 Å². The number of carbonyl (C=O) groups excluding carboxylic acids is 2. The van der Waals surface area contributed by atoms with Crippen LogP contribution in [-0.2, 0) is 25.6 Å². The number of allylic oxidation sites excluding steroid dienone is 2. The highest BCUT2D eigenvalue weighted by Gasteiger charge is 2.38. The van der Waals surface area contributed by atoms with Gasteiger partial charge < -0.3 is 24.8 Å². The SMILES string of the molecule is COC(=O)C1=C(C)NC(C)=C(C(=O)OCCC2NCc3ccccc32)C1c1cccc(OC)c1. The molecule has 2 atom stereocenters. The molecule has 7 nitrogen and oxygen atoms in total. The van der Waals surface area contributed by atoms with E-state index in [1.54, 1.807) is 14.0 Å². The first-order valence-electron chi connectivity index (χ1n) is 11.3. The minimum atomic E-state index is -0.637. The summed E-state index contributed by atoms with van der Waals surface area (Å²) < 4.78 is 16.2. The zero-order chi connectivity index (χ0) is 24.2. The Hall–Kier alpha value is -3.58. The van der Waals surface area contributed by atoms with Gasteiger partial charge in [0, 0.05) is 30.4 Å². The zero-order valence-electron chi connectivity index (χ0n) is 19.9. The first-order valence-corrected chi connectivity index (χ1v) is 11.3. The number of hydrogen-bond acceptors (Lipinski definition) is 7. The van der Waals surface area contributed by atoms with E-state index in [1.165, 1.54) is 18.2 Å². The molecular weight excluding hydrogens is 432 g/mol. The number of benzene rings is 2. The van der Waals surface area contributed by atoms with Gasteiger partial charge in [-0.25, -0.2) is 9.59 Å². The zero-order valence-corrected chi connectivity index (χ0v) is 19.9. The molecule has 178 valence electrons. The maximum atomic E-state index is 13.4. The second-order valence-electron chi connectivity index (χ2n) is 8.46. The average molecular weight is 463 g/mol. The van der Waals surface area contributed by atoms with E-state index >= 15 is 0 Å². The Labute approximate surface area is 199 Å². The summed E-state index contributed by atoms with van der Waals surface area (Å²) in [5, 5.41) is 6.63. The fourth-order valence-electron chi connectivity index (χ4n) is 4.78. The van der Waals surface area contributed by atoms with Crippen LogP contribution in [0.25, 0.3) is 0 Å². The van der Waals surface area contributed by atoms with Crippen LogP contribution in [0.2, 0.25) is 0 Å². The van der Waals surface area contributed by atoms with E-state index in [1.807, 2.05) is 43.3 Å². The van der Waals surface area contributed by atoms with Crippen molar-refractivity contribution in [1.82, 2.24) is 10.6 Å². The molecule has 34 heavy (non-hydrogen) atoms. The van der Waals surface area contributed by atoms with Gasteiger partial charge in [0.2, 0.25) is 0 Å². The van der Waals surface area contributed by atoms with Crippen LogP contribution in [0.15, 0.2) is 71.1 Å². The molecule has 0 fully saturated rings. The molecule has 7 heteroatoms. The van der Waals surface area contributed by atoms with Gasteiger partial charge in [-0.1, -0.05) is 36.4 Å². The Balaban J connectivity index is 1.58. The lowest BCUT2D eigenvalue weighted by atomic mass is 9.80. The van der Waals surface area contributed by atoms with Crippen molar-refractivity contribution in [3.8, 4) is 5.75 Å². The summed E-state index contributed by atoms with van der Waals surface area (Å²) in [5.74, 6) is -0.962. The third-order valence-corrected chi connectivity index (χ3v) is 6.42. The highest BCUT2D eigenvalue weighted by Crippen LogP contribution is 2.40. The molecule has 0 aromatic heterocycles. The lowest BCUT2D eigenvalue weighted by Gasteiger charge is -2.30. The van der Waals surface area contributed by atoms with Crippen LogP contribution in [-0.4, -0.2) is 32.8 Å². The van der Waals surface area contributed by atoms with Crippen LogP contribution in [0.3, 0.4) is 0 Å². The third kappa shape index (κ3) is 4.56. The quantitative estimate of drug-likeness (QED) is 0.604. The summed E-state index contributed by atoms with van der Waals surface area (Å²) in [6.07, 6.45) is 0.658. The number of hydrogen-bond donors (Lipinski definition) is 2. The maximum Gasteiger partial charge on any atom is 0.336 e. The monoisotopic (exact) mass is 462 g/mol. The van der Waals surface area contributed by atoms with E-state index < -0.39 is 17.9 Å². The van der Waals surface area contributed by atoms with Crippen molar-refractivity contribution in [2.75, 3.05) is 20.8 Å². The molecule has 0 aliphatic carbocycles. The Bertz CT molecular complexity index is 1170. The van der Waals surface area contributed by atoms with Gasteiger partial charge >= 0.3 is 11.9 Å². The smallest absolute Gasteiger partial charge is 0.336 e. The number of fused-ring (bicyclic) bond motifs is 1. The highest BCUT2D eigenvalue weighted by molar-refractivity contribution is 5.99. The molecule has 2 N–H and O–H groups in total. The number of nitrogens with one attached hydrogen (secondary N) is 2. The Morgan fingerprint density at radius 2 is 1.71 bits per heavy atom. The number of ether oxygens (including phenoxy) is 3. The molecule has 0 saturated heterocycles. The second kappa shape index (κ2) is 10.1. The van der Waals surface area contributed by atoms with Gasteiger partial charge in [-0.05, 0) is 42.7 Å². The fraction of sp³-hybridized carbons (Fsp3) is 0.333. The van der Waals surface area contributed by atoms with Gasteiger partial charge in [-0.3, -0.25) is 0 Å². The van der Waals surface area contributed by atoms with E-state index in [2.05, 4.69) is 22.8 Å². The topological polar surface area (TPSA) is 85.9 Å². The molecule has 2 aromatic carbocycles. The van der Waals surface area contributed by atoms with Crippen LogP contribution < -0.4 is 15.4 Å². The minimum Gasteiger partial charge on any atom is -0.497 e. The lowest BCUT2D eigenvalue weighted by molar-refractivity contribution is -0.139. The Morgan fingerprint density at radius 1 is 0.971 bits per heavy atom. The number of carbonyl (C=O) groups is 2. The minimum absolute atomic E-state index is 0.144. The van der Waals surface area contributed by atoms with Gasteiger partial charge in [0.25, 0.3) is 0 Å². The van der Waals surface area contributed by atoms with Crippen molar-refractivity contribution in [2.45, 2.75) is 38.8 Å². The molecule has 2 aromatic rings. The van der Waals surface area contributed by atoms with E-state index in [4.69, 9.17) is 14.2 Å². The lowest BCUT2D eigenvalue weighted by Crippen LogP contribution is -2.32. The summed E-state index contributed by atoms with van der Waals surface area (Å²) in [6, 6.07) is 15.8. The molecule has 0 amide bonds. The number of rotatable bonds is 7. The highest BCUT2D eigenvalue weighted by atomic mass is 16.5. The van der Waals surface area contributed by atoms with Crippen molar-refractivity contribution in [3.63, 3.8) is 0 Å². The first kappa shape index (κ1) is 23.6. The van der Waals surface area contributed by atoms with Crippen LogP contribution in [0.1, 0.15) is 48.9 Å².